The summed E-state index contributed by atoms with van der Waals surface area (Å²) in [5.74, 6) is 1.10. The fourth-order valence-corrected chi connectivity index (χ4v) is 3.38. The van der Waals surface area contributed by atoms with E-state index in [0.717, 1.165) is 11.3 Å². The topological polar surface area (TPSA) is 54.0 Å². The molecule has 0 fully saturated rings. The normalized spacial score (nSPS) is 21.5. The van der Waals surface area contributed by atoms with Crippen molar-refractivity contribution in [3.05, 3.63) is 35.9 Å². The third kappa shape index (κ3) is 3.11. The van der Waals surface area contributed by atoms with Crippen LogP contribution < -0.4 is 9.47 Å². The highest BCUT2D eigenvalue weighted by Crippen LogP contribution is 2.38. The number of hydrogen-bond donors (Lipinski definition) is 0. The molecule has 0 spiro atoms. The molecule has 112 valence electrons. The minimum absolute atomic E-state index is 0.233. The Hall–Kier alpha value is -1.79. The molecule has 2 atom stereocenters. The van der Waals surface area contributed by atoms with Gasteiger partial charge in [-0.2, -0.15) is 0 Å². The highest BCUT2D eigenvalue weighted by molar-refractivity contribution is 6.69. The summed E-state index contributed by atoms with van der Waals surface area (Å²) in [4.78, 5) is 11.3. The molecule has 0 saturated heterocycles. The monoisotopic (exact) mass is 306 g/mol. The quantitative estimate of drug-likeness (QED) is 0.632. The fourth-order valence-electron chi connectivity index (χ4n) is 2.34. The lowest BCUT2D eigenvalue weighted by Crippen LogP contribution is -2.33. The molecule has 0 saturated carbocycles. The van der Waals surface area contributed by atoms with E-state index in [-0.39, 0.29) is 18.9 Å². The van der Waals surface area contributed by atoms with Crippen LogP contribution in [-0.4, -0.2) is 27.2 Å². The summed E-state index contributed by atoms with van der Waals surface area (Å²) >= 11 is 0. The fraction of sp³-hybridized carbons (Fsp3) is 0.400. The third-order valence-corrected chi connectivity index (χ3v) is 4.14. The van der Waals surface area contributed by atoms with Crippen LogP contribution in [0.4, 0.5) is 0 Å². The van der Waals surface area contributed by atoms with Gasteiger partial charge in [-0.1, -0.05) is 6.07 Å². The molecule has 2 aliphatic rings. The molecule has 1 aromatic rings. The van der Waals surface area contributed by atoms with Crippen molar-refractivity contribution in [2.75, 3.05) is 6.79 Å². The van der Waals surface area contributed by atoms with E-state index in [9.17, 15) is 4.79 Å². The molecule has 2 heterocycles. The van der Waals surface area contributed by atoms with E-state index in [4.69, 9.17) is 18.6 Å². The van der Waals surface area contributed by atoms with Gasteiger partial charge in [-0.25, -0.2) is 4.79 Å². The van der Waals surface area contributed by atoms with Crippen molar-refractivity contribution in [3.8, 4) is 11.5 Å². The molecule has 0 aliphatic carbocycles. The maximum Gasteiger partial charge on any atom is 0.331 e. The number of carbonyl (C=O) groups excluding carboxylic acids is 1. The Morgan fingerprint density at radius 3 is 2.67 bits per heavy atom. The van der Waals surface area contributed by atoms with Gasteiger partial charge in [0.1, 0.15) is 12.2 Å². The molecule has 0 bridgehead atoms. The molecule has 6 heteroatoms. The molecule has 21 heavy (non-hydrogen) atoms. The number of cyclic esters (lactones) is 1. The van der Waals surface area contributed by atoms with Gasteiger partial charge in [0.05, 0.1) is 0 Å². The average molecular weight is 306 g/mol. The number of hydrogen-bond acceptors (Lipinski definition) is 5. The van der Waals surface area contributed by atoms with Crippen molar-refractivity contribution in [3.63, 3.8) is 0 Å². The first-order valence-electron chi connectivity index (χ1n) is 6.88. The van der Waals surface area contributed by atoms with Gasteiger partial charge in [0.15, 0.2) is 19.8 Å². The summed E-state index contributed by atoms with van der Waals surface area (Å²) in [6, 6.07) is 5.68. The highest BCUT2D eigenvalue weighted by Gasteiger charge is 2.33. The molecule has 1 aromatic carbocycles. The molecule has 0 radical (unpaired) electrons. The zero-order valence-electron chi connectivity index (χ0n) is 12.3. The van der Waals surface area contributed by atoms with Crippen molar-refractivity contribution in [2.24, 2.45) is 0 Å². The predicted molar refractivity (Wildman–Crippen MR) is 78.8 cm³/mol. The van der Waals surface area contributed by atoms with Crippen molar-refractivity contribution in [1.29, 1.82) is 0 Å². The summed E-state index contributed by atoms with van der Waals surface area (Å²) < 4.78 is 22.3. The van der Waals surface area contributed by atoms with E-state index in [1.807, 2.05) is 18.2 Å². The summed E-state index contributed by atoms with van der Waals surface area (Å²) in [6.07, 6.45) is 2.47. The van der Waals surface area contributed by atoms with Crippen LogP contribution in [0.15, 0.2) is 30.4 Å². The first-order chi connectivity index (χ1) is 9.92. The molecule has 3 rings (SSSR count). The molecule has 0 amide bonds. The van der Waals surface area contributed by atoms with Crippen LogP contribution in [0.1, 0.15) is 11.7 Å². The highest BCUT2D eigenvalue weighted by atomic mass is 28.4. The molecular weight excluding hydrogens is 288 g/mol. The minimum Gasteiger partial charge on any atom is -0.454 e. The lowest BCUT2D eigenvalue weighted by Gasteiger charge is -2.29. The van der Waals surface area contributed by atoms with E-state index >= 15 is 0 Å². The summed E-state index contributed by atoms with van der Waals surface area (Å²) in [7, 11) is -1.82. The standard InChI is InChI=1S/C15H18O5Si/c1-21(2,3)20-15(12-6-7-14(16)19-12)10-4-5-11-13(8-10)18-9-17-11/h4-8,12,15H,9H2,1-3H3/t12-,15-/m0/s1. The zero-order valence-corrected chi connectivity index (χ0v) is 13.3. The van der Waals surface area contributed by atoms with Crippen LogP contribution in [0.2, 0.25) is 19.6 Å². The Morgan fingerprint density at radius 2 is 2.00 bits per heavy atom. The van der Waals surface area contributed by atoms with E-state index < -0.39 is 14.4 Å². The number of ether oxygens (including phenoxy) is 3. The second kappa shape index (κ2) is 5.20. The second-order valence-electron chi connectivity index (χ2n) is 6.02. The minimum atomic E-state index is -1.82. The summed E-state index contributed by atoms with van der Waals surface area (Å²) in [5.41, 5.74) is 0.922. The number of carbonyl (C=O) groups is 1. The Morgan fingerprint density at radius 1 is 1.24 bits per heavy atom. The Kier molecular flexibility index (Phi) is 3.50. The van der Waals surface area contributed by atoms with Gasteiger partial charge in [0.2, 0.25) is 6.79 Å². The van der Waals surface area contributed by atoms with Crippen LogP contribution in [0.3, 0.4) is 0 Å². The van der Waals surface area contributed by atoms with Gasteiger partial charge in [-0.05, 0) is 43.4 Å². The number of esters is 1. The first-order valence-corrected chi connectivity index (χ1v) is 10.3. The Balaban J connectivity index is 1.91. The van der Waals surface area contributed by atoms with E-state index in [2.05, 4.69) is 19.6 Å². The first kappa shape index (κ1) is 14.2. The Bertz CT molecular complexity index is 590. The van der Waals surface area contributed by atoms with Crippen LogP contribution in [0.25, 0.3) is 0 Å². The van der Waals surface area contributed by atoms with Gasteiger partial charge >= 0.3 is 5.97 Å². The van der Waals surface area contributed by atoms with Crippen molar-refractivity contribution >= 4 is 14.3 Å². The molecule has 0 unspecified atom stereocenters. The van der Waals surface area contributed by atoms with Gasteiger partial charge in [0, 0.05) is 6.08 Å². The number of benzene rings is 1. The van der Waals surface area contributed by atoms with Crippen LogP contribution in [0, 0.1) is 0 Å². The smallest absolute Gasteiger partial charge is 0.331 e. The van der Waals surface area contributed by atoms with Crippen molar-refractivity contribution < 1.29 is 23.4 Å². The second-order valence-corrected chi connectivity index (χ2v) is 10.5. The zero-order chi connectivity index (χ0) is 15.0. The van der Waals surface area contributed by atoms with Gasteiger partial charge in [-0.15, -0.1) is 0 Å². The molecule has 5 nitrogen and oxygen atoms in total. The number of rotatable bonds is 4. The van der Waals surface area contributed by atoms with Gasteiger partial charge in [-0.3, -0.25) is 0 Å². The largest absolute Gasteiger partial charge is 0.454 e. The molecule has 0 aromatic heterocycles. The van der Waals surface area contributed by atoms with Gasteiger partial charge < -0.3 is 18.6 Å². The lowest BCUT2D eigenvalue weighted by atomic mass is 10.0. The van der Waals surface area contributed by atoms with E-state index in [1.54, 1.807) is 6.08 Å². The average Bonchev–Trinajstić information content (AvgIpc) is 3.02. The SMILES string of the molecule is C[Si](C)(C)O[C@@H](c1ccc2c(c1)OCO2)[C@@H]1C=CC(=O)O1. The molecule has 2 aliphatic heterocycles. The molecular formula is C15H18O5Si. The molecule has 0 N–H and O–H groups in total. The van der Waals surface area contributed by atoms with Crippen molar-refractivity contribution in [2.45, 2.75) is 31.8 Å². The van der Waals surface area contributed by atoms with Crippen LogP contribution in [-0.2, 0) is 14.0 Å². The number of fused-ring (bicyclic) bond motifs is 1. The summed E-state index contributed by atoms with van der Waals surface area (Å²) in [5, 5.41) is 0. The van der Waals surface area contributed by atoms with Crippen molar-refractivity contribution in [1.82, 2.24) is 0 Å². The van der Waals surface area contributed by atoms with E-state index in [1.165, 1.54) is 6.08 Å². The predicted octanol–water partition coefficient (Wildman–Crippen LogP) is 2.79. The summed E-state index contributed by atoms with van der Waals surface area (Å²) in [6.45, 7) is 6.55. The maximum absolute atomic E-state index is 11.3. The lowest BCUT2D eigenvalue weighted by molar-refractivity contribution is -0.142. The van der Waals surface area contributed by atoms with Crippen LogP contribution >= 0.6 is 0 Å². The Labute approximate surface area is 124 Å². The third-order valence-electron chi connectivity index (χ3n) is 3.18. The maximum atomic E-state index is 11.3. The van der Waals surface area contributed by atoms with E-state index in [0.29, 0.717) is 5.75 Å². The van der Waals surface area contributed by atoms with Gasteiger partial charge in [0.25, 0.3) is 0 Å². The van der Waals surface area contributed by atoms with Crippen LogP contribution in [0.5, 0.6) is 11.5 Å².